The van der Waals surface area contributed by atoms with Crippen molar-refractivity contribution in [3.63, 3.8) is 0 Å². The van der Waals surface area contributed by atoms with E-state index < -0.39 is 5.97 Å². The summed E-state index contributed by atoms with van der Waals surface area (Å²) in [5.41, 5.74) is 15.8. The maximum atomic E-state index is 13.4. The van der Waals surface area contributed by atoms with Crippen molar-refractivity contribution in [3.05, 3.63) is 170 Å². The van der Waals surface area contributed by atoms with Gasteiger partial charge in [0.05, 0.1) is 11.2 Å². The lowest BCUT2D eigenvalue weighted by Gasteiger charge is -2.32. The molecule has 0 saturated carbocycles. The van der Waals surface area contributed by atoms with Gasteiger partial charge < -0.3 is 31.2 Å². The Kier molecular flexibility index (Phi) is 22.9. The number of carbonyl (C=O) groups is 4. The van der Waals surface area contributed by atoms with Crippen molar-refractivity contribution in [2.75, 3.05) is 30.9 Å². The first-order valence-electron chi connectivity index (χ1n) is 24.0. The standard InChI is InChI=1S/C18H16ClFN4O2.C12H10ClFN2.C11H17BN2O2.C7H5BrClF.C6H8N2O3/c1-24-17(25)5-3-15(23-24)18(26)22-16-4-2-11(10-21-16)6-12-7-13(19)9-14(20)8-12;13-10-4-9(5-11(14)6-10)3-8-1-2-12(15)16-7-8;1-10(2)11(3,4)16-12(15-10)8-5-6-9(13)14-7-8;8-4-5-1-6(9)3-7(10)2-5;1-8-5(9)3-2-4(7-8)6(10)11/h2,4,7-10H,3,5-6H2,1H3,(H,21,22,26);1-2,4-7H,3H2,(H2,15,16);5-7H,1-4H3,(H2,13,14);1-3H,4H2;2-3H2,1H3,(H,10,11). The number of halogens is 7. The number of nitrogens with one attached hydrogen (secondary N) is 1. The summed E-state index contributed by atoms with van der Waals surface area (Å²) in [4.78, 5) is 56.9. The minimum Gasteiger partial charge on any atom is -0.477 e. The molecular weight excluding hydrogens is 1150 g/mol. The third kappa shape index (κ3) is 20.0. The van der Waals surface area contributed by atoms with Crippen LogP contribution in [0, 0.1) is 17.5 Å². The van der Waals surface area contributed by atoms with E-state index in [9.17, 15) is 32.3 Å². The first-order valence-corrected chi connectivity index (χ1v) is 26.3. The first-order chi connectivity index (χ1) is 37.2. The number of nitrogens with two attached hydrogens (primary N) is 2. The largest absolute Gasteiger partial charge is 0.496 e. The maximum absolute atomic E-state index is 13.4. The number of aliphatic carboxylic acids is 1. The Hall–Kier alpha value is -6.95. The second-order valence-corrected chi connectivity index (χ2v) is 20.6. The number of alkyl halides is 1. The maximum Gasteiger partial charge on any atom is 0.496 e. The van der Waals surface area contributed by atoms with E-state index >= 15 is 0 Å². The van der Waals surface area contributed by atoms with Gasteiger partial charge in [-0.05, 0) is 141 Å². The molecule has 3 aromatic heterocycles. The lowest BCUT2D eigenvalue weighted by Crippen LogP contribution is -2.41. The van der Waals surface area contributed by atoms with E-state index in [0.717, 1.165) is 38.3 Å². The molecule has 3 aliphatic rings. The van der Waals surface area contributed by atoms with E-state index in [2.05, 4.69) is 46.4 Å². The smallest absolute Gasteiger partial charge is 0.477 e. The molecule has 1 saturated heterocycles. The molecule has 416 valence electrons. The number of amides is 3. The molecule has 9 rings (SSSR count). The minimum atomic E-state index is -1.05. The molecule has 17 nitrogen and oxygen atoms in total. The summed E-state index contributed by atoms with van der Waals surface area (Å²) in [6.45, 7) is 8.10. The van der Waals surface area contributed by atoms with Crippen molar-refractivity contribution in [1.29, 1.82) is 0 Å². The van der Waals surface area contributed by atoms with Gasteiger partial charge in [-0.15, -0.1) is 0 Å². The normalized spacial score (nSPS) is 15.1. The van der Waals surface area contributed by atoms with Gasteiger partial charge in [0.2, 0.25) is 11.8 Å². The zero-order valence-electron chi connectivity index (χ0n) is 43.7. The Bertz CT molecular complexity index is 3110. The van der Waals surface area contributed by atoms with Crippen LogP contribution in [0.4, 0.5) is 30.6 Å². The van der Waals surface area contributed by atoms with E-state index in [1.165, 1.54) is 55.5 Å². The highest BCUT2D eigenvalue weighted by Gasteiger charge is 2.51. The fourth-order valence-corrected chi connectivity index (χ4v) is 8.17. The molecule has 6 N–H and O–H groups in total. The third-order valence-electron chi connectivity index (χ3n) is 11.9. The Morgan fingerprint density at radius 2 is 1.06 bits per heavy atom. The fraction of sp³-hybridized carbons (Fsp3) is 0.278. The SMILES string of the molecule is CC1(C)OB(c2ccc(N)nc2)OC1(C)C.CN1N=C(C(=O)Nc2ccc(Cc3cc(F)cc(Cl)c3)cn2)CCC1=O.CN1N=C(C(=O)O)CCC1=O.Fc1cc(Cl)cc(CBr)c1.Nc1ccc(Cc2cc(F)cc(Cl)c2)cn1. The molecule has 0 unspecified atom stereocenters. The molecule has 6 aromatic rings. The van der Waals surface area contributed by atoms with E-state index in [-0.39, 0.29) is 84.2 Å². The van der Waals surface area contributed by atoms with Crippen LogP contribution in [0.2, 0.25) is 15.1 Å². The predicted molar refractivity (Wildman–Crippen MR) is 305 cm³/mol. The molecule has 0 radical (unpaired) electrons. The molecule has 25 heteroatoms. The zero-order valence-corrected chi connectivity index (χ0v) is 47.6. The number of hydrogen-bond donors (Lipinski definition) is 4. The van der Waals surface area contributed by atoms with E-state index in [4.69, 9.17) is 60.7 Å². The summed E-state index contributed by atoms with van der Waals surface area (Å²) in [6, 6.07) is 24.0. The number of nitrogen functional groups attached to an aromatic ring is 2. The quantitative estimate of drug-likeness (QED) is 0.0781. The average Bonchev–Trinajstić information content (AvgIpc) is 3.71. The average molecular weight is 1210 g/mol. The Labute approximate surface area is 478 Å². The van der Waals surface area contributed by atoms with Crippen molar-refractivity contribution in [2.45, 2.75) is 82.8 Å². The summed E-state index contributed by atoms with van der Waals surface area (Å²) < 4.78 is 50.7. The molecule has 79 heavy (non-hydrogen) atoms. The van der Waals surface area contributed by atoms with E-state index in [1.54, 1.807) is 61.1 Å². The van der Waals surface area contributed by atoms with Gasteiger partial charge in [0, 0.05) is 84.2 Å². The highest BCUT2D eigenvalue weighted by atomic mass is 79.9. The molecule has 6 heterocycles. The topological polar surface area (TPSA) is 241 Å². The number of carboxylic acids is 1. The summed E-state index contributed by atoms with van der Waals surface area (Å²) in [5, 5.41) is 22.7. The van der Waals surface area contributed by atoms with Crippen LogP contribution in [0.3, 0.4) is 0 Å². The van der Waals surface area contributed by atoms with Crippen LogP contribution in [0.1, 0.15) is 81.2 Å². The van der Waals surface area contributed by atoms with Crippen molar-refractivity contribution < 1.29 is 46.8 Å². The predicted octanol–water partition coefficient (Wildman–Crippen LogP) is 10.1. The van der Waals surface area contributed by atoms with Gasteiger partial charge in [-0.2, -0.15) is 10.2 Å². The monoisotopic (exact) mass is 1210 g/mol. The molecule has 0 bridgehead atoms. The van der Waals surface area contributed by atoms with Gasteiger partial charge in [0.25, 0.3) is 5.91 Å². The van der Waals surface area contributed by atoms with Crippen LogP contribution in [-0.4, -0.2) is 97.6 Å². The highest BCUT2D eigenvalue weighted by molar-refractivity contribution is 9.08. The molecular formula is C54H56BBrCl3F3N10O7. The van der Waals surface area contributed by atoms with Gasteiger partial charge in [0.15, 0.2) is 0 Å². The second-order valence-electron chi connectivity index (χ2n) is 18.8. The Balaban J connectivity index is 0.000000190. The molecule has 0 aliphatic carbocycles. The number of carbonyl (C=O) groups excluding carboxylic acids is 3. The Morgan fingerprint density at radius 3 is 1.47 bits per heavy atom. The van der Waals surface area contributed by atoms with Gasteiger partial charge in [-0.25, -0.2) is 42.9 Å². The fourth-order valence-electron chi connectivity index (χ4n) is 7.11. The van der Waals surface area contributed by atoms with Gasteiger partial charge in [-0.3, -0.25) is 14.4 Å². The highest BCUT2D eigenvalue weighted by Crippen LogP contribution is 2.36. The number of hydrogen-bond acceptors (Lipinski definition) is 13. The number of aromatic nitrogens is 3. The molecule has 3 aliphatic heterocycles. The second kappa shape index (κ2) is 28.8. The summed E-state index contributed by atoms with van der Waals surface area (Å²) >= 11 is 20.4. The van der Waals surface area contributed by atoms with Gasteiger partial charge in [0.1, 0.15) is 46.3 Å². The van der Waals surface area contributed by atoms with Crippen molar-refractivity contribution in [1.82, 2.24) is 25.0 Å². The van der Waals surface area contributed by atoms with Crippen molar-refractivity contribution >= 4 is 116 Å². The minimum absolute atomic E-state index is 0.0482. The molecule has 0 spiro atoms. The molecule has 1 fully saturated rings. The number of nitrogens with zero attached hydrogens (tertiary/aromatic N) is 7. The molecule has 3 aromatic carbocycles. The van der Waals surface area contributed by atoms with Gasteiger partial charge >= 0.3 is 13.1 Å². The van der Waals surface area contributed by atoms with E-state index in [0.29, 0.717) is 57.1 Å². The van der Waals surface area contributed by atoms with Crippen LogP contribution in [-0.2, 0) is 46.7 Å². The van der Waals surface area contributed by atoms with E-state index in [1.807, 2.05) is 39.8 Å². The summed E-state index contributed by atoms with van der Waals surface area (Å²) in [7, 11) is 2.60. The van der Waals surface area contributed by atoms with Crippen molar-refractivity contribution in [2.24, 2.45) is 10.2 Å². The lowest BCUT2D eigenvalue weighted by molar-refractivity contribution is -0.132. The Morgan fingerprint density at radius 1 is 0.633 bits per heavy atom. The molecule has 3 amide bonds. The number of rotatable bonds is 9. The number of carboxylic acid groups (broad SMARTS) is 1. The number of hydrazone groups is 2. The van der Waals surface area contributed by atoms with Crippen molar-refractivity contribution in [3.8, 4) is 0 Å². The van der Waals surface area contributed by atoms with Gasteiger partial charge in [-0.1, -0.05) is 68.9 Å². The summed E-state index contributed by atoms with van der Waals surface area (Å²) in [5.74, 6) is -1.36. The molecule has 0 atom stereocenters. The van der Waals surface area contributed by atoms with Crippen LogP contribution in [0.5, 0.6) is 0 Å². The number of anilines is 3. The number of benzene rings is 3. The lowest BCUT2D eigenvalue weighted by atomic mass is 9.80. The zero-order chi connectivity index (χ0) is 58.2. The first kappa shape index (κ1) is 62.9. The van der Waals surface area contributed by atoms with Crippen LogP contribution in [0.15, 0.2) is 120 Å². The number of pyridine rings is 3. The van der Waals surface area contributed by atoms with Crippen LogP contribution in [0.25, 0.3) is 0 Å². The van der Waals surface area contributed by atoms with Crippen LogP contribution < -0.4 is 22.2 Å². The summed E-state index contributed by atoms with van der Waals surface area (Å²) in [6.07, 6.45) is 7.06. The van der Waals surface area contributed by atoms with Crippen LogP contribution >= 0.6 is 50.7 Å². The third-order valence-corrected chi connectivity index (χ3v) is 13.2.